The normalized spacial score (nSPS) is 20.8. The number of nitrogens with zero attached hydrogens (tertiary/aromatic N) is 2. The Labute approximate surface area is 107 Å². The van der Waals surface area contributed by atoms with Crippen LogP contribution in [-0.2, 0) is 10.0 Å². The quantitative estimate of drug-likeness (QED) is 0.863. The summed E-state index contributed by atoms with van der Waals surface area (Å²) in [6, 6.07) is 8.20. The van der Waals surface area contributed by atoms with Crippen molar-refractivity contribution in [1.29, 1.82) is 5.26 Å². The maximum absolute atomic E-state index is 12.4. The Morgan fingerprint density at radius 3 is 2.78 bits per heavy atom. The smallest absolute Gasteiger partial charge is 0.244 e. The van der Waals surface area contributed by atoms with E-state index in [1.54, 1.807) is 12.1 Å². The average molecular weight is 265 g/mol. The zero-order valence-electron chi connectivity index (χ0n) is 9.91. The van der Waals surface area contributed by atoms with Crippen LogP contribution in [0.15, 0.2) is 29.2 Å². The number of hydrogen-bond acceptors (Lipinski definition) is 4. The van der Waals surface area contributed by atoms with E-state index >= 15 is 0 Å². The maximum Gasteiger partial charge on any atom is 0.244 e. The Morgan fingerprint density at radius 1 is 1.44 bits per heavy atom. The van der Waals surface area contributed by atoms with Gasteiger partial charge in [0.2, 0.25) is 10.0 Å². The third-order valence-corrected chi connectivity index (χ3v) is 5.13. The average Bonchev–Trinajstić information content (AvgIpc) is 2.88. The lowest BCUT2D eigenvalue weighted by Crippen LogP contribution is -2.30. The summed E-state index contributed by atoms with van der Waals surface area (Å²) in [5, 5.41) is 8.97. The molecule has 1 aromatic rings. The molecule has 1 aromatic carbocycles. The highest BCUT2D eigenvalue weighted by Gasteiger charge is 2.33. The second-order valence-electron chi connectivity index (χ2n) is 4.36. The molecule has 2 rings (SSSR count). The third kappa shape index (κ3) is 2.25. The molecule has 1 atom stereocenters. The highest BCUT2D eigenvalue weighted by Crippen LogP contribution is 2.25. The minimum atomic E-state index is -3.57. The van der Waals surface area contributed by atoms with Gasteiger partial charge in [-0.1, -0.05) is 12.1 Å². The van der Waals surface area contributed by atoms with E-state index < -0.39 is 10.0 Å². The highest BCUT2D eigenvalue weighted by molar-refractivity contribution is 7.89. The molecule has 0 spiro atoms. The SMILES string of the molecule is N#Cc1ccccc1S(=O)(=O)N1CCC(CN)C1. The summed E-state index contributed by atoms with van der Waals surface area (Å²) in [4.78, 5) is 0.0881. The topological polar surface area (TPSA) is 87.2 Å². The van der Waals surface area contributed by atoms with Gasteiger partial charge in [0.15, 0.2) is 0 Å². The molecule has 5 nitrogen and oxygen atoms in total. The predicted molar refractivity (Wildman–Crippen MR) is 67.1 cm³/mol. The second-order valence-corrected chi connectivity index (χ2v) is 6.27. The lowest BCUT2D eigenvalue weighted by atomic mass is 10.1. The molecule has 1 aliphatic rings. The molecule has 0 aliphatic carbocycles. The first-order valence-electron chi connectivity index (χ1n) is 5.79. The van der Waals surface area contributed by atoms with Gasteiger partial charge in [0.25, 0.3) is 0 Å². The van der Waals surface area contributed by atoms with Crippen molar-refractivity contribution in [2.45, 2.75) is 11.3 Å². The van der Waals surface area contributed by atoms with Crippen molar-refractivity contribution in [3.05, 3.63) is 29.8 Å². The molecule has 6 heteroatoms. The summed E-state index contributed by atoms with van der Waals surface area (Å²) in [5.74, 6) is 0.217. The van der Waals surface area contributed by atoms with Gasteiger partial charge in [0.1, 0.15) is 6.07 Å². The number of sulfonamides is 1. The zero-order valence-corrected chi connectivity index (χ0v) is 10.7. The first-order valence-corrected chi connectivity index (χ1v) is 7.23. The molecule has 1 heterocycles. The molecule has 1 fully saturated rings. The van der Waals surface area contributed by atoms with E-state index in [0.717, 1.165) is 6.42 Å². The van der Waals surface area contributed by atoms with Crippen LogP contribution >= 0.6 is 0 Å². The van der Waals surface area contributed by atoms with Gasteiger partial charge < -0.3 is 5.73 Å². The molecule has 0 aromatic heterocycles. The van der Waals surface area contributed by atoms with Crippen molar-refractivity contribution in [2.75, 3.05) is 19.6 Å². The predicted octanol–water partition coefficient (Wildman–Crippen LogP) is 0.528. The summed E-state index contributed by atoms with van der Waals surface area (Å²) in [7, 11) is -3.57. The number of benzene rings is 1. The molecule has 2 N–H and O–H groups in total. The molecule has 1 saturated heterocycles. The molecule has 18 heavy (non-hydrogen) atoms. The van der Waals surface area contributed by atoms with E-state index in [9.17, 15) is 8.42 Å². The Morgan fingerprint density at radius 2 is 2.17 bits per heavy atom. The summed E-state index contributed by atoms with van der Waals surface area (Å²) < 4.78 is 26.2. The molecule has 96 valence electrons. The van der Waals surface area contributed by atoms with Crippen LogP contribution in [0.25, 0.3) is 0 Å². The van der Waals surface area contributed by atoms with Crippen molar-refractivity contribution in [3.63, 3.8) is 0 Å². The van der Waals surface area contributed by atoms with Crippen molar-refractivity contribution < 1.29 is 8.42 Å². The van der Waals surface area contributed by atoms with E-state index in [4.69, 9.17) is 11.0 Å². The van der Waals surface area contributed by atoms with Gasteiger partial charge in [-0.15, -0.1) is 0 Å². The van der Waals surface area contributed by atoms with Gasteiger partial charge in [0, 0.05) is 13.1 Å². The van der Waals surface area contributed by atoms with Crippen molar-refractivity contribution in [1.82, 2.24) is 4.31 Å². The largest absolute Gasteiger partial charge is 0.330 e. The summed E-state index contributed by atoms with van der Waals surface area (Å²) in [5.41, 5.74) is 5.75. The van der Waals surface area contributed by atoms with Crippen molar-refractivity contribution >= 4 is 10.0 Å². The number of rotatable bonds is 3. The third-order valence-electron chi connectivity index (χ3n) is 3.21. The fraction of sp³-hybridized carbons (Fsp3) is 0.417. The fourth-order valence-electron chi connectivity index (χ4n) is 2.13. The van der Waals surface area contributed by atoms with Crippen molar-refractivity contribution in [3.8, 4) is 6.07 Å². The second kappa shape index (κ2) is 5.06. The van der Waals surface area contributed by atoms with Crippen LogP contribution in [0.5, 0.6) is 0 Å². The van der Waals surface area contributed by atoms with E-state index in [0.29, 0.717) is 19.6 Å². The maximum atomic E-state index is 12.4. The van der Waals surface area contributed by atoms with Crippen molar-refractivity contribution in [2.24, 2.45) is 11.7 Å². The molecule has 0 radical (unpaired) electrons. The van der Waals surface area contributed by atoms with Crippen LogP contribution in [0.4, 0.5) is 0 Å². The Bertz CT molecular complexity index is 577. The Hall–Kier alpha value is -1.42. The van der Waals surface area contributed by atoms with E-state index in [1.165, 1.54) is 16.4 Å². The lowest BCUT2D eigenvalue weighted by Gasteiger charge is -2.17. The van der Waals surface area contributed by atoms with Crippen LogP contribution < -0.4 is 5.73 Å². The highest BCUT2D eigenvalue weighted by atomic mass is 32.2. The fourth-order valence-corrected chi connectivity index (χ4v) is 3.80. The first kappa shape index (κ1) is 13.0. The zero-order chi connectivity index (χ0) is 13.2. The van der Waals surface area contributed by atoms with Gasteiger partial charge in [-0.2, -0.15) is 9.57 Å². The molecular formula is C12H15N3O2S. The van der Waals surface area contributed by atoms with E-state index in [2.05, 4.69) is 0 Å². The first-order chi connectivity index (χ1) is 8.59. The van der Waals surface area contributed by atoms with Gasteiger partial charge in [-0.05, 0) is 31.0 Å². The van der Waals surface area contributed by atoms with Crippen LogP contribution in [0.1, 0.15) is 12.0 Å². The lowest BCUT2D eigenvalue weighted by molar-refractivity contribution is 0.459. The molecule has 0 amide bonds. The summed E-state index contributed by atoms with van der Waals surface area (Å²) in [6.45, 7) is 1.41. The Kier molecular flexibility index (Phi) is 3.66. The van der Waals surface area contributed by atoms with Crippen LogP contribution in [0, 0.1) is 17.2 Å². The minimum absolute atomic E-state index is 0.0881. The monoisotopic (exact) mass is 265 g/mol. The number of hydrogen-bond donors (Lipinski definition) is 1. The van der Waals surface area contributed by atoms with Crippen LogP contribution in [0.3, 0.4) is 0 Å². The van der Waals surface area contributed by atoms with Gasteiger partial charge in [-0.3, -0.25) is 0 Å². The Balaban J connectivity index is 2.35. The summed E-state index contributed by atoms with van der Waals surface area (Å²) in [6.07, 6.45) is 0.782. The van der Waals surface area contributed by atoms with Crippen LogP contribution in [-0.4, -0.2) is 32.4 Å². The summed E-state index contributed by atoms with van der Waals surface area (Å²) >= 11 is 0. The number of nitrogens with two attached hydrogens (primary N) is 1. The van der Waals surface area contributed by atoms with Gasteiger partial charge >= 0.3 is 0 Å². The molecular weight excluding hydrogens is 250 g/mol. The molecule has 0 saturated carbocycles. The molecule has 1 aliphatic heterocycles. The van der Waals surface area contributed by atoms with E-state index in [-0.39, 0.29) is 16.4 Å². The standard InChI is InChI=1S/C12H15N3O2S/c13-7-10-5-6-15(9-10)18(16,17)12-4-2-1-3-11(12)8-14/h1-4,10H,5-7,9,13H2. The van der Waals surface area contributed by atoms with Gasteiger partial charge in [0.05, 0.1) is 10.5 Å². The minimum Gasteiger partial charge on any atom is -0.330 e. The molecule has 1 unspecified atom stereocenters. The van der Waals surface area contributed by atoms with E-state index in [1.807, 2.05) is 6.07 Å². The van der Waals surface area contributed by atoms with Crippen LogP contribution in [0.2, 0.25) is 0 Å². The molecule has 0 bridgehead atoms. The van der Waals surface area contributed by atoms with Gasteiger partial charge in [-0.25, -0.2) is 8.42 Å². The number of nitriles is 1.